The van der Waals surface area contributed by atoms with E-state index in [9.17, 15) is 9.90 Å². The Hall–Kier alpha value is -2.23. The smallest absolute Gasteiger partial charge is 0.320 e. The Morgan fingerprint density at radius 1 is 1.45 bits per heavy atom. The number of hydrogen-bond donors (Lipinski definition) is 3. The van der Waals surface area contributed by atoms with Gasteiger partial charge in [-0.15, -0.1) is 0 Å². The number of rotatable bonds is 6. The maximum Gasteiger partial charge on any atom is 0.320 e. The number of carbonyl (C=O) groups excluding carboxylic acids is 1. The summed E-state index contributed by atoms with van der Waals surface area (Å²) < 4.78 is 9.41. The first-order valence-electron chi connectivity index (χ1n) is 9.90. The first-order chi connectivity index (χ1) is 13.9. The van der Waals surface area contributed by atoms with Gasteiger partial charge < -0.3 is 15.2 Å². The number of aliphatic hydroxyl groups is 1. The van der Waals surface area contributed by atoms with Gasteiger partial charge in [0.15, 0.2) is 0 Å². The summed E-state index contributed by atoms with van der Waals surface area (Å²) in [5, 5.41) is 17.0. The molecule has 0 unspecified atom stereocenters. The number of likely N-dealkylation sites (tertiary alicyclic amines) is 1. The summed E-state index contributed by atoms with van der Waals surface area (Å²) in [7, 11) is 1.62. The van der Waals surface area contributed by atoms with Crippen LogP contribution in [-0.2, 0) is 0 Å². The lowest BCUT2D eigenvalue weighted by Crippen LogP contribution is -2.52. The number of nitrogens with zero attached hydrogens (tertiary/aromatic N) is 3. The maximum absolute atomic E-state index is 12.6. The van der Waals surface area contributed by atoms with Gasteiger partial charge in [0.2, 0.25) is 0 Å². The van der Waals surface area contributed by atoms with Gasteiger partial charge in [-0.2, -0.15) is 4.37 Å². The Morgan fingerprint density at radius 2 is 2.28 bits per heavy atom. The van der Waals surface area contributed by atoms with Gasteiger partial charge in [-0.25, -0.2) is 4.79 Å². The summed E-state index contributed by atoms with van der Waals surface area (Å²) in [5.41, 5.74) is 1.27. The summed E-state index contributed by atoms with van der Waals surface area (Å²) in [6.45, 7) is 4.15. The molecule has 1 saturated carbocycles. The number of urea groups is 1. The molecule has 0 bridgehead atoms. The molecule has 9 heteroatoms. The van der Waals surface area contributed by atoms with Gasteiger partial charge in [0.05, 0.1) is 24.6 Å². The van der Waals surface area contributed by atoms with Crippen LogP contribution in [0.25, 0.3) is 0 Å². The minimum absolute atomic E-state index is 0.0333. The van der Waals surface area contributed by atoms with Gasteiger partial charge in [-0.05, 0) is 55.9 Å². The summed E-state index contributed by atoms with van der Waals surface area (Å²) in [5.74, 6) is 0.738. The number of aromatic nitrogens is 2. The average Bonchev–Trinajstić information content (AvgIpc) is 3.29. The molecule has 3 heterocycles. The molecule has 2 fully saturated rings. The van der Waals surface area contributed by atoms with E-state index in [1.807, 2.05) is 25.1 Å². The van der Waals surface area contributed by atoms with Crippen molar-refractivity contribution in [3.63, 3.8) is 0 Å². The molecule has 1 aliphatic carbocycles. The van der Waals surface area contributed by atoms with Crippen LogP contribution >= 0.6 is 11.5 Å². The predicted octanol–water partition coefficient (Wildman–Crippen LogP) is 2.36. The molecule has 2 atom stereocenters. The lowest BCUT2D eigenvalue weighted by atomic mass is 9.88. The Balaban J connectivity index is 1.46. The Morgan fingerprint density at radius 3 is 2.90 bits per heavy atom. The highest BCUT2D eigenvalue weighted by Crippen LogP contribution is 2.37. The van der Waals surface area contributed by atoms with E-state index in [2.05, 4.69) is 24.9 Å². The molecule has 0 spiro atoms. The molecule has 8 nitrogen and oxygen atoms in total. The molecule has 0 radical (unpaired) electrons. The van der Waals surface area contributed by atoms with Crippen molar-refractivity contribution in [3.8, 4) is 5.75 Å². The van der Waals surface area contributed by atoms with Crippen LogP contribution in [0.4, 0.5) is 9.80 Å². The third kappa shape index (κ3) is 5.04. The second kappa shape index (κ2) is 8.25. The molecular formula is C20H27N5O3S. The molecule has 0 aromatic carbocycles. The highest BCUT2D eigenvalue weighted by molar-refractivity contribution is 7.10. The number of methoxy groups -OCH3 is 1. The van der Waals surface area contributed by atoms with E-state index in [-0.39, 0.29) is 18.0 Å². The van der Waals surface area contributed by atoms with Crippen LogP contribution in [0.2, 0.25) is 0 Å². The van der Waals surface area contributed by atoms with Gasteiger partial charge in [0, 0.05) is 37.3 Å². The fraction of sp³-hybridized carbons (Fsp3) is 0.550. The molecule has 2 aromatic heterocycles. The zero-order valence-corrected chi connectivity index (χ0v) is 17.5. The highest BCUT2D eigenvalue weighted by Gasteiger charge is 2.43. The van der Waals surface area contributed by atoms with E-state index in [1.54, 1.807) is 13.3 Å². The van der Waals surface area contributed by atoms with Gasteiger partial charge in [0.1, 0.15) is 10.8 Å². The number of hydrogen-bond acceptors (Lipinski definition) is 7. The van der Waals surface area contributed by atoms with E-state index in [4.69, 9.17) is 4.74 Å². The number of aryl methyl sites for hydroxylation is 1. The minimum atomic E-state index is -0.528. The third-order valence-electron chi connectivity index (χ3n) is 5.60. The van der Waals surface area contributed by atoms with Gasteiger partial charge >= 0.3 is 6.03 Å². The maximum atomic E-state index is 12.6. The molecule has 1 saturated heterocycles. The lowest BCUT2D eigenvalue weighted by Gasteiger charge is -2.39. The van der Waals surface area contributed by atoms with Crippen molar-refractivity contribution in [1.82, 2.24) is 19.6 Å². The van der Waals surface area contributed by atoms with Crippen LogP contribution in [0.15, 0.2) is 24.4 Å². The van der Waals surface area contributed by atoms with Crippen molar-refractivity contribution in [2.24, 2.45) is 0 Å². The topological polar surface area (TPSA) is 99.6 Å². The molecule has 2 aromatic rings. The van der Waals surface area contributed by atoms with Crippen LogP contribution in [0.3, 0.4) is 0 Å². The number of anilines is 1. The van der Waals surface area contributed by atoms with Crippen LogP contribution < -0.4 is 15.4 Å². The van der Waals surface area contributed by atoms with Crippen molar-refractivity contribution in [1.29, 1.82) is 0 Å². The molecule has 4 rings (SSSR count). The first kappa shape index (κ1) is 20.1. The lowest BCUT2D eigenvalue weighted by molar-refractivity contribution is 0.0702. The SMILES string of the molecule is COc1ccc([C@@H]2CN(CC3(O)CC3)CC[C@H]2NC(=O)Nc2cc(C)ns2)nc1. The number of nitrogens with one attached hydrogen (secondary N) is 2. The summed E-state index contributed by atoms with van der Waals surface area (Å²) in [6, 6.07) is 5.43. The molecule has 2 aliphatic rings. The Bertz CT molecular complexity index is 852. The molecule has 29 heavy (non-hydrogen) atoms. The average molecular weight is 418 g/mol. The zero-order chi connectivity index (χ0) is 20.4. The van der Waals surface area contributed by atoms with Crippen molar-refractivity contribution in [3.05, 3.63) is 35.8 Å². The number of ether oxygens (including phenoxy) is 1. The number of pyridine rings is 1. The van der Waals surface area contributed by atoms with Crippen molar-refractivity contribution in [2.75, 3.05) is 32.1 Å². The fourth-order valence-electron chi connectivity index (χ4n) is 3.82. The number of piperidine rings is 1. The molecule has 3 N–H and O–H groups in total. The molecule has 156 valence electrons. The molecule has 1 aliphatic heterocycles. The van der Waals surface area contributed by atoms with Crippen LogP contribution in [0, 0.1) is 6.92 Å². The summed E-state index contributed by atoms with van der Waals surface area (Å²) in [6.07, 6.45) is 4.24. The minimum Gasteiger partial charge on any atom is -0.495 e. The van der Waals surface area contributed by atoms with Crippen molar-refractivity contribution < 1.29 is 14.6 Å². The van der Waals surface area contributed by atoms with E-state index in [0.29, 0.717) is 12.3 Å². The predicted molar refractivity (Wildman–Crippen MR) is 112 cm³/mol. The van der Waals surface area contributed by atoms with Crippen LogP contribution in [-0.4, -0.2) is 63.8 Å². The largest absolute Gasteiger partial charge is 0.495 e. The normalized spacial score (nSPS) is 23.4. The molecular weight excluding hydrogens is 390 g/mol. The molecule has 2 amide bonds. The number of carbonyl (C=O) groups is 1. The van der Waals surface area contributed by atoms with Gasteiger partial charge in [-0.3, -0.25) is 15.2 Å². The monoisotopic (exact) mass is 417 g/mol. The highest BCUT2D eigenvalue weighted by atomic mass is 32.1. The second-order valence-corrected chi connectivity index (χ2v) is 8.82. The van der Waals surface area contributed by atoms with E-state index in [1.165, 1.54) is 11.5 Å². The van der Waals surface area contributed by atoms with Gasteiger partial charge in [-0.1, -0.05) is 0 Å². The summed E-state index contributed by atoms with van der Waals surface area (Å²) in [4.78, 5) is 19.4. The van der Waals surface area contributed by atoms with E-state index in [0.717, 1.165) is 48.7 Å². The fourth-order valence-corrected chi connectivity index (χ4v) is 4.48. The number of β-amino-alcohol motifs (C(OH)–C–C–N with tert-alkyl or cyclic N) is 1. The van der Waals surface area contributed by atoms with Crippen LogP contribution in [0.1, 0.15) is 36.6 Å². The van der Waals surface area contributed by atoms with E-state index < -0.39 is 5.60 Å². The van der Waals surface area contributed by atoms with E-state index >= 15 is 0 Å². The first-order valence-corrected chi connectivity index (χ1v) is 10.7. The van der Waals surface area contributed by atoms with Crippen molar-refractivity contribution in [2.45, 2.75) is 43.7 Å². The standard InChI is InChI=1S/C20H27N5O3S/c1-13-9-18(29-24-13)23-19(26)22-17-5-8-25(12-20(27)6-7-20)11-15(17)16-4-3-14(28-2)10-21-16/h3-4,9-10,15,17,27H,5-8,11-12H2,1-2H3,(H2,22,23,26)/t15-,17+/m0/s1. The number of amides is 2. The zero-order valence-electron chi connectivity index (χ0n) is 16.7. The third-order valence-corrected chi connectivity index (χ3v) is 6.39. The summed E-state index contributed by atoms with van der Waals surface area (Å²) >= 11 is 1.27. The Labute approximate surface area is 174 Å². The second-order valence-electron chi connectivity index (χ2n) is 8.02. The van der Waals surface area contributed by atoms with Crippen molar-refractivity contribution >= 4 is 22.6 Å². The Kier molecular flexibility index (Phi) is 5.71. The van der Waals surface area contributed by atoms with Gasteiger partial charge in [0.25, 0.3) is 0 Å². The quantitative estimate of drug-likeness (QED) is 0.667. The van der Waals surface area contributed by atoms with Crippen LogP contribution in [0.5, 0.6) is 5.75 Å².